The van der Waals surface area contributed by atoms with Crippen LogP contribution in [0.5, 0.6) is 0 Å². The molecule has 0 atom stereocenters. The molecule has 32 heavy (non-hydrogen) atoms. The summed E-state index contributed by atoms with van der Waals surface area (Å²) < 4.78 is 5.09. The van der Waals surface area contributed by atoms with Gasteiger partial charge in [-0.1, -0.05) is 83.5 Å². The van der Waals surface area contributed by atoms with Gasteiger partial charge in [0.25, 0.3) is 0 Å². The topological polar surface area (TPSA) is 113 Å². The number of amides is 1. The summed E-state index contributed by atoms with van der Waals surface area (Å²) in [5.41, 5.74) is 1.61. The molecule has 0 aliphatic carbocycles. The number of hydrogen-bond donors (Lipinski definition) is 3. The molecule has 0 saturated heterocycles. The predicted molar refractivity (Wildman–Crippen MR) is 130 cm³/mol. The number of carboxylic acids is 2. The summed E-state index contributed by atoms with van der Waals surface area (Å²) in [5, 5.41) is 18.5. The lowest BCUT2D eigenvalue weighted by molar-refractivity contribution is -0.133. The monoisotopic (exact) mass is 447 g/mol. The van der Waals surface area contributed by atoms with Gasteiger partial charge in [0.2, 0.25) is 5.91 Å². The Labute approximate surface area is 191 Å². The van der Waals surface area contributed by atoms with Crippen molar-refractivity contribution >= 4 is 23.9 Å². The molecule has 1 aromatic rings. The summed E-state index contributed by atoms with van der Waals surface area (Å²) in [6, 6.07) is 10.0. The molecule has 0 bridgehead atoms. The van der Waals surface area contributed by atoms with Gasteiger partial charge in [-0.3, -0.25) is 4.79 Å². The van der Waals surface area contributed by atoms with E-state index in [1.807, 2.05) is 36.4 Å². The zero-order chi connectivity index (χ0) is 25.5. The molecule has 1 rings (SSSR count). The third-order valence-electron chi connectivity index (χ3n) is 3.11. The van der Waals surface area contributed by atoms with E-state index < -0.39 is 11.9 Å². The Kier molecular flexibility index (Phi) is 23.1. The van der Waals surface area contributed by atoms with Crippen LogP contribution in [0.4, 0.5) is 0 Å². The van der Waals surface area contributed by atoms with Crippen molar-refractivity contribution in [3.63, 3.8) is 0 Å². The summed E-state index contributed by atoms with van der Waals surface area (Å²) in [6.45, 7) is 21.6. The standard InChI is InChI=1S/C8H15NO2.C8H8.C5H8O2.C4H6O2/c1-4-8(10)9-6-11-5-7(2)3;1-2-8-6-4-3-5-7-8;1-3-4(2)5(6)7;1-3(2)4(5)6/h4,7H,1,5-6H2,2-3H3,(H,9,10);2-7H,1H2;2-3H2,1H3,(H,6,7);1H2,2H3,(H,5,6). The van der Waals surface area contributed by atoms with Crippen LogP contribution in [0.15, 0.2) is 73.9 Å². The molecular formula is C25H37NO6. The number of rotatable bonds is 9. The van der Waals surface area contributed by atoms with E-state index in [2.05, 4.69) is 45.5 Å². The maximum atomic E-state index is 10.5. The molecule has 3 N–H and O–H groups in total. The first-order valence-electron chi connectivity index (χ1n) is 9.88. The highest BCUT2D eigenvalue weighted by atomic mass is 16.5. The highest BCUT2D eigenvalue weighted by molar-refractivity contribution is 5.86. The molecule has 1 amide bonds. The van der Waals surface area contributed by atoms with E-state index >= 15 is 0 Å². The van der Waals surface area contributed by atoms with E-state index in [0.717, 1.165) is 0 Å². The van der Waals surface area contributed by atoms with Crippen molar-refractivity contribution in [1.82, 2.24) is 5.32 Å². The van der Waals surface area contributed by atoms with Crippen LogP contribution in [0.25, 0.3) is 6.08 Å². The first-order chi connectivity index (χ1) is 14.9. The first kappa shape index (κ1) is 33.2. The highest BCUT2D eigenvalue weighted by Gasteiger charge is 1.96. The van der Waals surface area contributed by atoms with Gasteiger partial charge in [0.15, 0.2) is 0 Å². The Hall–Kier alpha value is -3.45. The number of carbonyl (C=O) groups excluding carboxylic acids is 1. The number of carboxylic acid groups (broad SMARTS) is 2. The van der Waals surface area contributed by atoms with Gasteiger partial charge in [-0.05, 0) is 30.9 Å². The Morgan fingerprint density at radius 2 is 1.56 bits per heavy atom. The number of benzene rings is 1. The fourth-order valence-corrected chi connectivity index (χ4v) is 1.23. The molecule has 0 unspecified atom stereocenters. The fraction of sp³-hybridized carbons (Fsp3) is 0.320. The number of ether oxygens (including phenoxy) is 1. The summed E-state index contributed by atoms with van der Waals surface area (Å²) in [7, 11) is 0. The lowest BCUT2D eigenvalue weighted by atomic mass is 10.2. The van der Waals surface area contributed by atoms with Crippen molar-refractivity contribution in [1.29, 1.82) is 0 Å². The van der Waals surface area contributed by atoms with Crippen molar-refractivity contribution < 1.29 is 29.3 Å². The first-order valence-corrected chi connectivity index (χ1v) is 9.88. The minimum absolute atomic E-state index is 0.176. The van der Waals surface area contributed by atoms with E-state index in [1.54, 1.807) is 6.92 Å². The molecule has 0 heterocycles. The predicted octanol–water partition coefficient (Wildman–Crippen LogP) is 4.93. The van der Waals surface area contributed by atoms with Crippen molar-refractivity contribution in [2.24, 2.45) is 5.92 Å². The van der Waals surface area contributed by atoms with Crippen LogP contribution in [0.3, 0.4) is 0 Å². The van der Waals surface area contributed by atoms with Crippen LogP contribution in [-0.2, 0) is 19.1 Å². The largest absolute Gasteiger partial charge is 0.478 e. The van der Waals surface area contributed by atoms with Crippen LogP contribution in [-0.4, -0.2) is 41.4 Å². The smallest absolute Gasteiger partial charge is 0.330 e. The van der Waals surface area contributed by atoms with E-state index in [-0.39, 0.29) is 23.8 Å². The van der Waals surface area contributed by atoms with Gasteiger partial charge in [0, 0.05) is 11.1 Å². The Balaban J connectivity index is -0.000000360. The molecule has 7 nitrogen and oxygen atoms in total. The quantitative estimate of drug-likeness (QED) is 0.281. The average Bonchev–Trinajstić information content (AvgIpc) is 2.77. The number of carbonyl (C=O) groups is 3. The van der Waals surface area contributed by atoms with Gasteiger partial charge >= 0.3 is 11.9 Å². The van der Waals surface area contributed by atoms with Gasteiger partial charge in [-0.15, -0.1) is 0 Å². The van der Waals surface area contributed by atoms with Crippen molar-refractivity contribution in [3.05, 3.63) is 79.4 Å². The van der Waals surface area contributed by atoms with Gasteiger partial charge < -0.3 is 20.3 Å². The van der Waals surface area contributed by atoms with E-state index in [0.29, 0.717) is 18.9 Å². The van der Waals surface area contributed by atoms with E-state index in [1.165, 1.54) is 18.6 Å². The maximum absolute atomic E-state index is 10.5. The molecule has 178 valence electrons. The fourth-order valence-electron chi connectivity index (χ4n) is 1.23. The van der Waals surface area contributed by atoms with Gasteiger partial charge in [0.1, 0.15) is 6.73 Å². The number of aliphatic carboxylic acids is 2. The lowest BCUT2D eigenvalue weighted by Gasteiger charge is -2.06. The molecule has 0 aromatic heterocycles. The van der Waals surface area contributed by atoms with Crippen LogP contribution < -0.4 is 5.32 Å². The van der Waals surface area contributed by atoms with Crippen LogP contribution in [0, 0.1) is 5.92 Å². The molecule has 1 aromatic carbocycles. The van der Waals surface area contributed by atoms with Gasteiger partial charge in [0.05, 0.1) is 6.61 Å². The van der Waals surface area contributed by atoms with Crippen LogP contribution in [0.2, 0.25) is 0 Å². The van der Waals surface area contributed by atoms with Crippen LogP contribution in [0.1, 0.15) is 39.7 Å². The highest BCUT2D eigenvalue weighted by Crippen LogP contribution is 1.97. The second-order valence-corrected chi connectivity index (χ2v) is 6.62. The molecule has 0 aliphatic rings. The third-order valence-corrected chi connectivity index (χ3v) is 3.11. The van der Waals surface area contributed by atoms with Crippen molar-refractivity contribution in [3.8, 4) is 0 Å². The summed E-state index contributed by atoms with van der Waals surface area (Å²) in [4.78, 5) is 30.0. The average molecular weight is 448 g/mol. The third kappa shape index (κ3) is 26.6. The second kappa shape index (κ2) is 22.2. The zero-order valence-corrected chi connectivity index (χ0v) is 19.6. The van der Waals surface area contributed by atoms with Crippen molar-refractivity contribution in [2.75, 3.05) is 13.3 Å². The summed E-state index contributed by atoms with van der Waals surface area (Å²) >= 11 is 0. The molecule has 0 aliphatic heterocycles. The maximum Gasteiger partial charge on any atom is 0.330 e. The Morgan fingerprint density at radius 1 is 1.06 bits per heavy atom. The minimum atomic E-state index is -0.935. The molecule has 0 radical (unpaired) electrons. The van der Waals surface area contributed by atoms with E-state index in [4.69, 9.17) is 14.9 Å². The van der Waals surface area contributed by atoms with Gasteiger partial charge in [-0.2, -0.15) is 0 Å². The number of hydrogen-bond acceptors (Lipinski definition) is 4. The van der Waals surface area contributed by atoms with Gasteiger partial charge in [-0.25, -0.2) is 9.59 Å². The van der Waals surface area contributed by atoms with Crippen LogP contribution >= 0.6 is 0 Å². The SMILES string of the molecule is C=C(C)C(=O)O.C=C(CC)C(=O)O.C=CC(=O)NCOCC(C)C.C=Cc1ccccc1. The molecule has 0 fully saturated rings. The summed E-state index contributed by atoms with van der Waals surface area (Å²) in [6.07, 6.45) is 3.58. The van der Waals surface area contributed by atoms with E-state index in [9.17, 15) is 14.4 Å². The Morgan fingerprint density at radius 3 is 1.81 bits per heavy atom. The number of nitrogens with one attached hydrogen (secondary N) is 1. The summed E-state index contributed by atoms with van der Waals surface area (Å²) in [5.74, 6) is -1.54. The Bertz CT molecular complexity index is 711. The minimum Gasteiger partial charge on any atom is -0.478 e. The van der Waals surface area contributed by atoms with Crippen molar-refractivity contribution in [2.45, 2.75) is 34.1 Å². The zero-order valence-electron chi connectivity index (χ0n) is 19.6. The molecule has 0 saturated carbocycles. The lowest BCUT2D eigenvalue weighted by Crippen LogP contribution is -2.24. The second-order valence-electron chi connectivity index (χ2n) is 6.62. The molecule has 0 spiro atoms. The normalized spacial score (nSPS) is 8.66. The molecular weight excluding hydrogens is 410 g/mol. The molecule has 7 heteroatoms.